The van der Waals surface area contributed by atoms with Crippen molar-refractivity contribution in [1.29, 1.82) is 0 Å². The summed E-state index contributed by atoms with van der Waals surface area (Å²) in [5.41, 5.74) is 3.91. The zero-order valence-electron chi connectivity index (χ0n) is 12.7. The van der Waals surface area contributed by atoms with E-state index in [1.807, 2.05) is 18.6 Å². The largest absolute Gasteiger partial charge is 0.296 e. The second-order valence-electron chi connectivity index (χ2n) is 5.97. The molecule has 3 nitrogen and oxygen atoms in total. The van der Waals surface area contributed by atoms with Gasteiger partial charge in [0.15, 0.2) is 0 Å². The van der Waals surface area contributed by atoms with E-state index in [1.165, 1.54) is 36.9 Å². The lowest BCUT2D eigenvalue weighted by Crippen LogP contribution is -2.29. The zero-order valence-corrected chi connectivity index (χ0v) is 12.7. The summed E-state index contributed by atoms with van der Waals surface area (Å²) >= 11 is 0. The first-order valence-electron chi connectivity index (χ1n) is 7.86. The molecule has 110 valence electrons. The highest BCUT2D eigenvalue weighted by molar-refractivity contribution is 5.16. The Morgan fingerprint density at radius 3 is 2.76 bits per heavy atom. The Hall–Kier alpha value is -1.74. The average molecular weight is 281 g/mol. The van der Waals surface area contributed by atoms with Crippen LogP contribution in [0.25, 0.3) is 0 Å². The topological polar surface area (TPSA) is 29.0 Å². The van der Waals surface area contributed by atoms with Crippen molar-refractivity contribution in [2.45, 2.75) is 45.2 Å². The summed E-state index contributed by atoms with van der Waals surface area (Å²) in [5, 5.41) is 0. The molecule has 1 aliphatic heterocycles. The number of likely N-dealkylation sites (tertiary alicyclic amines) is 1. The fourth-order valence-corrected chi connectivity index (χ4v) is 3.25. The molecule has 0 bridgehead atoms. The van der Waals surface area contributed by atoms with Crippen molar-refractivity contribution in [3.8, 4) is 0 Å². The summed E-state index contributed by atoms with van der Waals surface area (Å²) in [5.74, 6) is 0. The average Bonchev–Trinajstić information content (AvgIpc) is 2.93. The standard InChI is InChI=1S/C18H23N3/c1-15-13-16(8-11-20-15)4-5-18-3-2-12-21(18)14-17-6-9-19-10-7-17/h6-11,13,18H,2-5,12,14H2,1H3/t18-/m1/s1. The van der Waals surface area contributed by atoms with Crippen LogP contribution in [0.4, 0.5) is 0 Å². The van der Waals surface area contributed by atoms with E-state index in [0.29, 0.717) is 6.04 Å². The van der Waals surface area contributed by atoms with Gasteiger partial charge in [-0.05, 0) is 74.5 Å². The molecule has 0 unspecified atom stereocenters. The van der Waals surface area contributed by atoms with Crippen LogP contribution >= 0.6 is 0 Å². The van der Waals surface area contributed by atoms with Crippen molar-refractivity contribution in [2.75, 3.05) is 6.54 Å². The molecular formula is C18H23N3. The van der Waals surface area contributed by atoms with Gasteiger partial charge in [-0.3, -0.25) is 14.9 Å². The highest BCUT2D eigenvalue weighted by Gasteiger charge is 2.23. The van der Waals surface area contributed by atoms with Crippen LogP contribution in [0.1, 0.15) is 36.1 Å². The zero-order chi connectivity index (χ0) is 14.5. The van der Waals surface area contributed by atoms with E-state index in [-0.39, 0.29) is 0 Å². The van der Waals surface area contributed by atoms with Gasteiger partial charge in [-0.1, -0.05) is 0 Å². The van der Waals surface area contributed by atoms with E-state index >= 15 is 0 Å². The highest BCUT2D eigenvalue weighted by atomic mass is 15.2. The molecule has 1 fully saturated rings. The van der Waals surface area contributed by atoms with Gasteiger partial charge in [0.1, 0.15) is 0 Å². The van der Waals surface area contributed by atoms with E-state index in [0.717, 1.165) is 18.7 Å². The van der Waals surface area contributed by atoms with E-state index in [4.69, 9.17) is 0 Å². The quantitative estimate of drug-likeness (QED) is 0.841. The molecule has 0 radical (unpaired) electrons. The van der Waals surface area contributed by atoms with Gasteiger partial charge in [-0.25, -0.2) is 0 Å². The van der Waals surface area contributed by atoms with Crippen LogP contribution in [0.15, 0.2) is 42.9 Å². The molecule has 1 atom stereocenters. The summed E-state index contributed by atoms with van der Waals surface area (Å²) in [6.07, 6.45) is 10.8. The highest BCUT2D eigenvalue weighted by Crippen LogP contribution is 2.23. The number of aryl methyl sites for hydroxylation is 2. The van der Waals surface area contributed by atoms with Gasteiger partial charge in [0, 0.05) is 36.9 Å². The van der Waals surface area contributed by atoms with Crippen LogP contribution in [0.3, 0.4) is 0 Å². The minimum atomic E-state index is 0.714. The fourth-order valence-electron chi connectivity index (χ4n) is 3.25. The number of hydrogen-bond acceptors (Lipinski definition) is 3. The number of rotatable bonds is 5. The molecule has 0 amide bonds. The Balaban J connectivity index is 1.57. The van der Waals surface area contributed by atoms with Crippen LogP contribution in [0.2, 0.25) is 0 Å². The molecule has 0 spiro atoms. The van der Waals surface area contributed by atoms with Gasteiger partial charge in [0.25, 0.3) is 0 Å². The molecule has 3 heterocycles. The Morgan fingerprint density at radius 1 is 1.14 bits per heavy atom. The van der Waals surface area contributed by atoms with E-state index < -0.39 is 0 Å². The number of hydrogen-bond donors (Lipinski definition) is 0. The molecule has 2 aromatic rings. The summed E-state index contributed by atoms with van der Waals surface area (Å²) in [6, 6.07) is 9.33. The molecule has 3 rings (SSSR count). The van der Waals surface area contributed by atoms with Gasteiger partial charge < -0.3 is 0 Å². The molecule has 2 aromatic heterocycles. The predicted octanol–water partition coefficient (Wildman–Crippen LogP) is 3.38. The Labute approximate surface area is 127 Å². The van der Waals surface area contributed by atoms with Crippen molar-refractivity contribution in [2.24, 2.45) is 0 Å². The van der Waals surface area contributed by atoms with Crippen molar-refractivity contribution in [3.63, 3.8) is 0 Å². The van der Waals surface area contributed by atoms with Crippen molar-refractivity contribution in [1.82, 2.24) is 14.9 Å². The minimum absolute atomic E-state index is 0.714. The summed E-state index contributed by atoms with van der Waals surface area (Å²) in [6.45, 7) is 4.35. The maximum atomic E-state index is 4.27. The first-order valence-corrected chi connectivity index (χ1v) is 7.86. The van der Waals surface area contributed by atoms with Gasteiger partial charge in [-0.2, -0.15) is 0 Å². The summed E-state index contributed by atoms with van der Waals surface area (Å²) in [4.78, 5) is 11.0. The van der Waals surface area contributed by atoms with Gasteiger partial charge >= 0.3 is 0 Å². The molecule has 0 saturated carbocycles. The SMILES string of the molecule is Cc1cc(CC[C@H]2CCCN2Cc2ccncc2)ccn1. The molecule has 0 aliphatic carbocycles. The lowest BCUT2D eigenvalue weighted by molar-refractivity contribution is 0.234. The van der Waals surface area contributed by atoms with E-state index in [1.54, 1.807) is 0 Å². The first kappa shape index (κ1) is 14.2. The number of pyridine rings is 2. The normalized spacial score (nSPS) is 19.0. The molecule has 0 aromatic carbocycles. The van der Waals surface area contributed by atoms with Crippen LogP contribution < -0.4 is 0 Å². The second kappa shape index (κ2) is 6.81. The maximum Gasteiger partial charge on any atom is 0.0375 e. The monoisotopic (exact) mass is 281 g/mol. The third-order valence-corrected chi connectivity index (χ3v) is 4.36. The lowest BCUT2D eigenvalue weighted by Gasteiger charge is -2.24. The van der Waals surface area contributed by atoms with Gasteiger partial charge in [-0.15, -0.1) is 0 Å². The van der Waals surface area contributed by atoms with Crippen molar-refractivity contribution in [3.05, 3.63) is 59.7 Å². The van der Waals surface area contributed by atoms with Crippen LogP contribution in [0.5, 0.6) is 0 Å². The lowest BCUT2D eigenvalue weighted by atomic mass is 10.0. The fraction of sp³-hybridized carbons (Fsp3) is 0.444. The molecule has 1 aliphatic rings. The smallest absolute Gasteiger partial charge is 0.0375 e. The summed E-state index contributed by atoms with van der Waals surface area (Å²) < 4.78 is 0. The number of nitrogens with zero attached hydrogens (tertiary/aromatic N) is 3. The second-order valence-corrected chi connectivity index (χ2v) is 5.97. The van der Waals surface area contributed by atoms with Crippen molar-refractivity contribution >= 4 is 0 Å². The van der Waals surface area contributed by atoms with Crippen LogP contribution in [-0.4, -0.2) is 27.5 Å². The Bertz CT molecular complexity index is 568. The van der Waals surface area contributed by atoms with Crippen molar-refractivity contribution < 1.29 is 0 Å². The molecular weight excluding hydrogens is 258 g/mol. The molecule has 3 heteroatoms. The molecule has 21 heavy (non-hydrogen) atoms. The predicted molar refractivity (Wildman–Crippen MR) is 85.0 cm³/mol. The van der Waals surface area contributed by atoms with Crippen LogP contribution in [-0.2, 0) is 13.0 Å². The Kier molecular flexibility index (Phi) is 4.61. The van der Waals surface area contributed by atoms with Gasteiger partial charge in [0.05, 0.1) is 0 Å². The third kappa shape index (κ3) is 3.88. The maximum absolute atomic E-state index is 4.27. The number of aromatic nitrogens is 2. The van der Waals surface area contributed by atoms with Crippen LogP contribution in [0, 0.1) is 6.92 Å². The molecule has 1 saturated heterocycles. The third-order valence-electron chi connectivity index (χ3n) is 4.36. The first-order chi connectivity index (χ1) is 10.3. The van der Waals surface area contributed by atoms with E-state index in [9.17, 15) is 0 Å². The van der Waals surface area contributed by atoms with Gasteiger partial charge in [0.2, 0.25) is 0 Å². The Morgan fingerprint density at radius 2 is 1.95 bits per heavy atom. The van der Waals surface area contributed by atoms with E-state index in [2.05, 4.69) is 46.1 Å². The minimum Gasteiger partial charge on any atom is -0.296 e. The molecule has 0 N–H and O–H groups in total. The summed E-state index contributed by atoms with van der Waals surface area (Å²) in [7, 11) is 0.